The summed E-state index contributed by atoms with van der Waals surface area (Å²) in [6.07, 6.45) is 1.37. The van der Waals surface area contributed by atoms with Crippen molar-refractivity contribution in [2.45, 2.75) is 114 Å². The standard InChI is InChI=1S/C27H44O8/c1-23(33,14-28)8-7-22(32)26(4,34)21-6-10-27(35)16-11-18(29)17-12-19(30)20(31)13-24(17,2)15(16)5-9-25(21,27)3/h11,15,17,19-22,28,30-35H,5-10,12-14H2,1-4H3/t15-,17-,19-,20-,21-,22+,23-,24+,25+,26+,27+/m0/s1. The third-order valence-corrected chi connectivity index (χ3v) is 10.8. The Kier molecular flexibility index (Phi) is 6.66. The highest BCUT2D eigenvalue weighted by atomic mass is 16.3. The molecule has 0 spiro atoms. The summed E-state index contributed by atoms with van der Waals surface area (Å²) in [7, 11) is 0. The molecular weight excluding hydrogens is 452 g/mol. The molecule has 0 unspecified atom stereocenters. The lowest BCUT2D eigenvalue weighted by atomic mass is 9.45. The van der Waals surface area contributed by atoms with Crippen molar-refractivity contribution in [3.63, 3.8) is 0 Å². The van der Waals surface area contributed by atoms with Crippen LogP contribution in [0.2, 0.25) is 0 Å². The Morgan fingerprint density at radius 2 is 1.74 bits per heavy atom. The van der Waals surface area contributed by atoms with Gasteiger partial charge in [-0.2, -0.15) is 0 Å². The van der Waals surface area contributed by atoms with Crippen molar-refractivity contribution in [2.75, 3.05) is 6.61 Å². The number of ketones is 1. The molecule has 3 saturated carbocycles. The zero-order chi connectivity index (χ0) is 26.2. The number of fused-ring (bicyclic) bond motifs is 5. The average molecular weight is 497 g/mol. The van der Waals surface area contributed by atoms with E-state index in [1.807, 2.05) is 13.8 Å². The van der Waals surface area contributed by atoms with E-state index in [9.17, 15) is 40.5 Å². The number of carbonyl (C=O) groups excluding carboxylic acids is 1. The van der Waals surface area contributed by atoms with Gasteiger partial charge in [0.1, 0.15) is 0 Å². The highest BCUT2D eigenvalue weighted by Crippen LogP contribution is 2.68. The molecule has 8 heteroatoms. The van der Waals surface area contributed by atoms with E-state index in [4.69, 9.17) is 0 Å². The molecule has 0 aromatic carbocycles. The molecule has 0 saturated heterocycles. The molecule has 4 aliphatic rings. The van der Waals surface area contributed by atoms with Crippen LogP contribution in [0, 0.1) is 28.6 Å². The Hall–Kier alpha value is -0.870. The summed E-state index contributed by atoms with van der Waals surface area (Å²) in [5.74, 6) is -1.08. The summed E-state index contributed by atoms with van der Waals surface area (Å²) in [6, 6.07) is 0. The van der Waals surface area contributed by atoms with Crippen molar-refractivity contribution in [2.24, 2.45) is 28.6 Å². The minimum Gasteiger partial charge on any atom is -0.393 e. The first-order chi connectivity index (χ1) is 16.0. The van der Waals surface area contributed by atoms with Gasteiger partial charge >= 0.3 is 0 Å². The maximum Gasteiger partial charge on any atom is 0.159 e. The maximum atomic E-state index is 13.3. The van der Waals surface area contributed by atoms with Crippen LogP contribution in [-0.2, 0) is 4.79 Å². The first kappa shape index (κ1) is 27.2. The summed E-state index contributed by atoms with van der Waals surface area (Å²) in [6.45, 7) is 6.54. The van der Waals surface area contributed by atoms with Crippen LogP contribution < -0.4 is 0 Å². The Balaban J connectivity index is 1.64. The van der Waals surface area contributed by atoms with Gasteiger partial charge in [0.25, 0.3) is 0 Å². The lowest BCUT2D eigenvalue weighted by molar-refractivity contribution is -0.177. The van der Waals surface area contributed by atoms with Crippen LogP contribution in [0.1, 0.15) is 79.1 Å². The number of aliphatic hydroxyl groups is 7. The third kappa shape index (κ3) is 3.95. The smallest absolute Gasteiger partial charge is 0.159 e. The summed E-state index contributed by atoms with van der Waals surface area (Å²) < 4.78 is 0. The molecule has 0 radical (unpaired) electrons. The molecule has 4 rings (SSSR count). The number of rotatable bonds is 6. The molecule has 0 aromatic rings. The van der Waals surface area contributed by atoms with Gasteiger partial charge in [-0.25, -0.2) is 0 Å². The molecule has 3 fully saturated rings. The fraction of sp³-hybridized carbons (Fsp3) is 0.889. The highest BCUT2D eigenvalue weighted by molar-refractivity contribution is 5.95. The maximum absolute atomic E-state index is 13.3. The Labute approximate surface area is 207 Å². The molecule has 0 heterocycles. The summed E-state index contributed by atoms with van der Waals surface area (Å²) in [5.41, 5.74) is -4.90. The van der Waals surface area contributed by atoms with Crippen molar-refractivity contribution in [1.29, 1.82) is 0 Å². The van der Waals surface area contributed by atoms with Crippen LogP contribution in [0.3, 0.4) is 0 Å². The molecule has 0 aromatic heterocycles. The van der Waals surface area contributed by atoms with Crippen LogP contribution in [0.4, 0.5) is 0 Å². The number of hydrogen-bond donors (Lipinski definition) is 7. The number of allylic oxidation sites excluding steroid dienone is 1. The lowest BCUT2D eigenvalue weighted by Crippen LogP contribution is -2.62. The SMILES string of the molecule is C[C@@](O)(CO)CC[C@@H](O)[C@](C)(O)[C@H]1CC[C@@]2(O)C3=CC(=O)[C@@H]4C[C@H](O)[C@@H](O)C[C@]4(C)[C@H]3CC[C@]12C. The van der Waals surface area contributed by atoms with Gasteiger partial charge in [0.15, 0.2) is 5.78 Å². The normalized spacial score (nSPS) is 47.6. The second kappa shape index (κ2) is 8.58. The second-order valence-corrected chi connectivity index (χ2v) is 13.0. The molecule has 200 valence electrons. The monoisotopic (exact) mass is 496 g/mol. The number of hydrogen-bond acceptors (Lipinski definition) is 8. The van der Waals surface area contributed by atoms with Gasteiger partial charge in [0, 0.05) is 11.3 Å². The van der Waals surface area contributed by atoms with Gasteiger partial charge in [-0.3, -0.25) is 4.79 Å². The molecule has 35 heavy (non-hydrogen) atoms. The fourth-order valence-electron chi connectivity index (χ4n) is 8.36. The van der Waals surface area contributed by atoms with Crippen molar-refractivity contribution in [3.05, 3.63) is 11.6 Å². The van der Waals surface area contributed by atoms with Gasteiger partial charge in [0.2, 0.25) is 0 Å². The summed E-state index contributed by atoms with van der Waals surface area (Å²) in [4.78, 5) is 13.3. The number of aliphatic hydroxyl groups excluding tert-OH is 4. The van der Waals surface area contributed by atoms with Gasteiger partial charge in [-0.15, -0.1) is 0 Å². The topological polar surface area (TPSA) is 159 Å². The molecule has 0 bridgehead atoms. The van der Waals surface area contributed by atoms with E-state index >= 15 is 0 Å². The van der Waals surface area contributed by atoms with Crippen LogP contribution in [0.5, 0.6) is 0 Å². The molecule has 8 nitrogen and oxygen atoms in total. The largest absolute Gasteiger partial charge is 0.393 e. The van der Waals surface area contributed by atoms with Gasteiger partial charge in [0.05, 0.1) is 41.7 Å². The van der Waals surface area contributed by atoms with Gasteiger partial charge in [-0.05, 0) is 94.1 Å². The van der Waals surface area contributed by atoms with Crippen LogP contribution >= 0.6 is 0 Å². The third-order valence-electron chi connectivity index (χ3n) is 10.8. The molecule has 7 N–H and O–H groups in total. The summed E-state index contributed by atoms with van der Waals surface area (Å²) in [5, 5.41) is 74.9. The predicted octanol–water partition coefficient (Wildman–Crippen LogP) is 0.826. The van der Waals surface area contributed by atoms with E-state index in [0.29, 0.717) is 37.7 Å². The first-order valence-electron chi connectivity index (χ1n) is 13.1. The van der Waals surface area contributed by atoms with E-state index in [-0.39, 0.29) is 31.0 Å². The first-order valence-corrected chi connectivity index (χ1v) is 13.1. The Morgan fingerprint density at radius 3 is 2.37 bits per heavy atom. The summed E-state index contributed by atoms with van der Waals surface area (Å²) >= 11 is 0. The van der Waals surface area contributed by atoms with Crippen molar-refractivity contribution in [3.8, 4) is 0 Å². The van der Waals surface area contributed by atoms with Crippen molar-refractivity contribution < 1.29 is 40.5 Å². The zero-order valence-electron chi connectivity index (χ0n) is 21.4. The molecule has 4 aliphatic carbocycles. The van der Waals surface area contributed by atoms with E-state index in [1.54, 1.807) is 13.0 Å². The molecular formula is C27H44O8. The predicted molar refractivity (Wildman–Crippen MR) is 128 cm³/mol. The minimum atomic E-state index is -1.55. The fourth-order valence-corrected chi connectivity index (χ4v) is 8.36. The van der Waals surface area contributed by atoms with Crippen LogP contribution in [0.25, 0.3) is 0 Å². The Bertz CT molecular complexity index is 882. The van der Waals surface area contributed by atoms with Crippen LogP contribution in [0.15, 0.2) is 11.6 Å². The zero-order valence-corrected chi connectivity index (χ0v) is 21.4. The van der Waals surface area contributed by atoms with E-state index < -0.39 is 64.4 Å². The molecule has 0 aliphatic heterocycles. The highest BCUT2D eigenvalue weighted by Gasteiger charge is 2.69. The van der Waals surface area contributed by atoms with Gasteiger partial charge in [-0.1, -0.05) is 13.8 Å². The lowest BCUT2D eigenvalue weighted by Gasteiger charge is -2.60. The molecule has 0 amide bonds. The van der Waals surface area contributed by atoms with E-state index in [0.717, 1.165) is 0 Å². The van der Waals surface area contributed by atoms with Gasteiger partial charge < -0.3 is 35.7 Å². The molecule has 11 atom stereocenters. The van der Waals surface area contributed by atoms with Crippen molar-refractivity contribution >= 4 is 5.78 Å². The minimum absolute atomic E-state index is 0.0926. The second-order valence-electron chi connectivity index (χ2n) is 13.0. The van der Waals surface area contributed by atoms with Crippen LogP contribution in [-0.4, -0.2) is 83.3 Å². The quantitative estimate of drug-likeness (QED) is 0.285. The number of carbonyl (C=O) groups is 1. The van der Waals surface area contributed by atoms with E-state index in [2.05, 4.69) is 0 Å². The average Bonchev–Trinajstić information content (AvgIpc) is 3.06. The van der Waals surface area contributed by atoms with E-state index in [1.165, 1.54) is 6.92 Å². The Morgan fingerprint density at radius 1 is 1.09 bits per heavy atom. The van der Waals surface area contributed by atoms with Crippen molar-refractivity contribution in [1.82, 2.24) is 0 Å².